The fourth-order valence-electron chi connectivity index (χ4n) is 3.60. The van der Waals surface area contributed by atoms with Gasteiger partial charge in [-0.25, -0.2) is 0 Å². The third-order valence-corrected chi connectivity index (χ3v) is 5.06. The third kappa shape index (κ3) is 2.73. The highest BCUT2D eigenvalue weighted by atomic mass is 15.4. The van der Waals surface area contributed by atoms with Crippen molar-refractivity contribution >= 4 is 11.5 Å². The summed E-state index contributed by atoms with van der Waals surface area (Å²) in [6.07, 6.45) is 6.48. The number of nitrogens with zero attached hydrogens (tertiary/aromatic N) is 8. The molecule has 8 heteroatoms. The first-order chi connectivity index (χ1) is 13.2. The van der Waals surface area contributed by atoms with Crippen LogP contribution in [0.5, 0.6) is 0 Å². The molecule has 0 spiro atoms. The average Bonchev–Trinajstić information content (AvgIpc) is 3.35. The van der Waals surface area contributed by atoms with E-state index in [2.05, 4.69) is 40.1 Å². The Morgan fingerprint density at radius 3 is 2.96 bits per heavy atom. The van der Waals surface area contributed by atoms with E-state index in [9.17, 15) is 0 Å². The Kier molecular flexibility index (Phi) is 3.63. The van der Waals surface area contributed by atoms with E-state index >= 15 is 0 Å². The molecule has 1 aliphatic rings. The van der Waals surface area contributed by atoms with Gasteiger partial charge >= 0.3 is 0 Å². The molecule has 0 atom stereocenters. The molecule has 0 fully saturated rings. The highest BCUT2D eigenvalue weighted by Crippen LogP contribution is 2.27. The second kappa shape index (κ2) is 6.15. The minimum atomic E-state index is 0.768. The molecular weight excluding hydrogens is 340 g/mol. The first kappa shape index (κ1) is 15.9. The van der Waals surface area contributed by atoms with Crippen LogP contribution in [0.25, 0.3) is 16.9 Å². The highest BCUT2D eigenvalue weighted by molar-refractivity contribution is 5.60. The van der Waals surface area contributed by atoms with Crippen LogP contribution in [0.4, 0.5) is 5.82 Å². The van der Waals surface area contributed by atoms with Crippen LogP contribution in [-0.2, 0) is 19.5 Å². The molecule has 0 amide bonds. The Bertz CT molecular complexity index is 1130. The molecule has 1 aliphatic heterocycles. The summed E-state index contributed by atoms with van der Waals surface area (Å²) in [5.41, 5.74) is 6.28. The Morgan fingerprint density at radius 1 is 1.19 bits per heavy atom. The zero-order valence-corrected chi connectivity index (χ0v) is 15.4. The topological polar surface area (TPSA) is 77.0 Å². The van der Waals surface area contributed by atoms with Gasteiger partial charge in [0.1, 0.15) is 6.33 Å². The van der Waals surface area contributed by atoms with Crippen LogP contribution in [0.3, 0.4) is 0 Å². The van der Waals surface area contributed by atoms with Crippen LogP contribution >= 0.6 is 0 Å². The van der Waals surface area contributed by atoms with Crippen LogP contribution in [0.15, 0.2) is 36.9 Å². The maximum absolute atomic E-state index is 4.71. The maximum Gasteiger partial charge on any atom is 0.177 e. The van der Waals surface area contributed by atoms with Gasteiger partial charge in [0.15, 0.2) is 11.5 Å². The fourth-order valence-corrected chi connectivity index (χ4v) is 3.60. The molecule has 0 saturated heterocycles. The van der Waals surface area contributed by atoms with E-state index in [1.165, 1.54) is 5.56 Å². The SMILES string of the molecule is CCn1ccc(-c2cnc3c(c2)CN(c2nn4cnnc4cc2C)CC3)n1. The van der Waals surface area contributed by atoms with E-state index in [-0.39, 0.29) is 0 Å². The zero-order chi connectivity index (χ0) is 18.4. The van der Waals surface area contributed by atoms with Crippen molar-refractivity contribution in [2.75, 3.05) is 11.4 Å². The second-order valence-electron chi connectivity index (χ2n) is 6.84. The average molecular weight is 360 g/mol. The van der Waals surface area contributed by atoms with E-state index in [1.807, 2.05) is 29.2 Å². The van der Waals surface area contributed by atoms with Gasteiger partial charge in [-0.1, -0.05) is 0 Å². The quantitative estimate of drug-likeness (QED) is 0.558. The molecule has 4 aromatic rings. The fraction of sp³-hybridized carbons (Fsp3) is 0.316. The summed E-state index contributed by atoms with van der Waals surface area (Å²) in [5, 5.41) is 17.3. The molecule has 8 nitrogen and oxygen atoms in total. The first-order valence-corrected chi connectivity index (χ1v) is 9.15. The second-order valence-corrected chi connectivity index (χ2v) is 6.84. The van der Waals surface area contributed by atoms with Gasteiger partial charge in [-0.3, -0.25) is 9.67 Å². The summed E-state index contributed by atoms with van der Waals surface area (Å²) < 4.78 is 3.66. The molecule has 0 unspecified atom stereocenters. The highest BCUT2D eigenvalue weighted by Gasteiger charge is 2.21. The van der Waals surface area contributed by atoms with Gasteiger partial charge in [0.05, 0.1) is 5.69 Å². The van der Waals surface area contributed by atoms with Crippen molar-refractivity contribution in [2.45, 2.75) is 33.4 Å². The van der Waals surface area contributed by atoms with Crippen molar-refractivity contribution in [3.8, 4) is 11.3 Å². The smallest absolute Gasteiger partial charge is 0.177 e. The normalized spacial score (nSPS) is 13.9. The largest absolute Gasteiger partial charge is 0.350 e. The summed E-state index contributed by atoms with van der Waals surface area (Å²) >= 11 is 0. The number of hydrogen-bond acceptors (Lipinski definition) is 6. The van der Waals surface area contributed by atoms with Crippen molar-refractivity contribution in [2.24, 2.45) is 0 Å². The number of anilines is 1. The van der Waals surface area contributed by atoms with Gasteiger partial charge in [-0.15, -0.1) is 15.3 Å². The van der Waals surface area contributed by atoms with Crippen molar-refractivity contribution < 1.29 is 0 Å². The van der Waals surface area contributed by atoms with E-state index in [1.54, 1.807) is 10.8 Å². The van der Waals surface area contributed by atoms with Crippen molar-refractivity contribution in [1.82, 2.24) is 34.6 Å². The van der Waals surface area contributed by atoms with Crippen molar-refractivity contribution in [1.29, 1.82) is 0 Å². The van der Waals surface area contributed by atoms with Gasteiger partial charge in [-0.05, 0) is 43.2 Å². The summed E-state index contributed by atoms with van der Waals surface area (Å²) in [6.45, 7) is 6.69. The summed E-state index contributed by atoms with van der Waals surface area (Å²) in [5.74, 6) is 0.966. The Hall–Kier alpha value is -3.29. The molecule has 0 saturated carbocycles. The molecule has 27 heavy (non-hydrogen) atoms. The standard InChI is InChI=1S/C19H20N8/c1-3-26-7-5-17(23-26)14-9-15-11-25(6-4-16(15)20-10-14)19-13(2)8-18-22-21-12-27(18)24-19/h5,7-10,12H,3-4,6,11H2,1-2H3. The molecule has 0 N–H and O–H groups in total. The summed E-state index contributed by atoms with van der Waals surface area (Å²) in [6, 6.07) is 6.28. The number of hydrogen-bond donors (Lipinski definition) is 0. The molecule has 0 aromatic carbocycles. The molecule has 0 radical (unpaired) electrons. The Balaban J connectivity index is 1.49. The molecule has 136 valence electrons. The first-order valence-electron chi connectivity index (χ1n) is 9.15. The zero-order valence-electron chi connectivity index (χ0n) is 15.4. The Labute approximate surface area is 156 Å². The van der Waals surface area contributed by atoms with Crippen molar-refractivity contribution in [3.05, 3.63) is 53.7 Å². The molecule has 4 aromatic heterocycles. The van der Waals surface area contributed by atoms with Gasteiger partial charge in [-0.2, -0.15) is 9.61 Å². The number of aromatic nitrogens is 7. The van der Waals surface area contributed by atoms with Crippen molar-refractivity contribution in [3.63, 3.8) is 0 Å². The van der Waals surface area contributed by atoms with E-state index in [0.717, 1.165) is 60.0 Å². The summed E-state index contributed by atoms with van der Waals surface area (Å²) in [4.78, 5) is 7.00. The maximum atomic E-state index is 4.71. The lowest BCUT2D eigenvalue weighted by molar-refractivity contribution is 0.661. The van der Waals surface area contributed by atoms with Crippen LogP contribution in [-0.4, -0.2) is 41.1 Å². The van der Waals surface area contributed by atoms with Crippen LogP contribution in [0.2, 0.25) is 0 Å². The molecule has 0 bridgehead atoms. The molecule has 0 aliphatic carbocycles. The minimum Gasteiger partial charge on any atom is -0.350 e. The Morgan fingerprint density at radius 2 is 2.11 bits per heavy atom. The van der Waals surface area contributed by atoms with Gasteiger partial charge < -0.3 is 4.90 Å². The van der Waals surface area contributed by atoms with Gasteiger partial charge in [0, 0.05) is 49.7 Å². The lowest BCUT2D eigenvalue weighted by atomic mass is 10.0. The number of pyridine rings is 1. The number of fused-ring (bicyclic) bond motifs is 2. The van der Waals surface area contributed by atoms with Gasteiger partial charge in [0.2, 0.25) is 0 Å². The molecular formula is C19H20N8. The summed E-state index contributed by atoms with van der Waals surface area (Å²) in [7, 11) is 0. The van der Waals surface area contributed by atoms with E-state index < -0.39 is 0 Å². The lowest BCUT2D eigenvalue weighted by Crippen LogP contribution is -2.32. The number of aryl methyl sites for hydroxylation is 2. The minimum absolute atomic E-state index is 0.768. The lowest BCUT2D eigenvalue weighted by Gasteiger charge is -2.30. The monoisotopic (exact) mass is 360 g/mol. The predicted molar refractivity (Wildman–Crippen MR) is 101 cm³/mol. The van der Waals surface area contributed by atoms with E-state index in [4.69, 9.17) is 10.1 Å². The predicted octanol–water partition coefficient (Wildman–Crippen LogP) is 2.27. The van der Waals surface area contributed by atoms with Crippen LogP contribution < -0.4 is 4.90 Å². The molecule has 5 rings (SSSR count). The number of rotatable bonds is 3. The molecule has 5 heterocycles. The van der Waals surface area contributed by atoms with Gasteiger partial charge in [0.25, 0.3) is 0 Å². The van der Waals surface area contributed by atoms with E-state index in [0.29, 0.717) is 0 Å². The van der Waals surface area contributed by atoms with Crippen LogP contribution in [0, 0.1) is 6.92 Å². The third-order valence-electron chi connectivity index (χ3n) is 5.06. The van der Waals surface area contributed by atoms with Crippen LogP contribution in [0.1, 0.15) is 23.7 Å².